The van der Waals surface area contributed by atoms with Crippen molar-refractivity contribution in [2.75, 3.05) is 5.32 Å². The summed E-state index contributed by atoms with van der Waals surface area (Å²) in [5, 5.41) is 14.0. The van der Waals surface area contributed by atoms with Gasteiger partial charge in [-0.05, 0) is 25.0 Å². The maximum absolute atomic E-state index is 10.7. The molecule has 1 aromatic heterocycles. The third-order valence-electron chi connectivity index (χ3n) is 3.14. The van der Waals surface area contributed by atoms with Crippen molar-refractivity contribution < 1.29 is 4.92 Å². The van der Waals surface area contributed by atoms with Gasteiger partial charge in [0.1, 0.15) is 0 Å². The quantitative estimate of drug-likeness (QED) is 0.648. The number of anilines is 1. The molecule has 0 aliphatic rings. The summed E-state index contributed by atoms with van der Waals surface area (Å²) in [7, 11) is 0. The fourth-order valence-corrected chi connectivity index (χ4v) is 2.08. The van der Waals surface area contributed by atoms with Gasteiger partial charge in [-0.15, -0.1) is 0 Å². The first-order valence-corrected chi connectivity index (χ1v) is 6.59. The largest absolute Gasteiger partial charge is 0.379 e. The van der Waals surface area contributed by atoms with E-state index in [-0.39, 0.29) is 10.6 Å². The minimum atomic E-state index is -0.382. The molecule has 0 aliphatic heterocycles. The summed E-state index contributed by atoms with van der Waals surface area (Å²) in [6.07, 6.45) is 4.71. The van der Waals surface area contributed by atoms with E-state index in [1.807, 2.05) is 19.4 Å². The lowest BCUT2D eigenvalue weighted by Crippen LogP contribution is -2.07. The molecule has 2 aromatic rings. The van der Waals surface area contributed by atoms with Gasteiger partial charge < -0.3 is 9.88 Å². The monoisotopic (exact) mass is 274 g/mol. The van der Waals surface area contributed by atoms with Crippen molar-refractivity contribution in [3.05, 3.63) is 52.1 Å². The minimum absolute atomic E-state index is 0.115. The summed E-state index contributed by atoms with van der Waals surface area (Å²) in [6, 6.07) is 4.83. The molecule has 1 aromatic carbocycles. The number of hydrogen-bond acceptors (Lipinski definition) is 4. The number of imidazole rings is 1. The molecule has 0 atom stereocenters. The summed E-state index contributed by atoms with van der Waals surface area (Å²) in [5.74, 6) is 0. The van der Waals surface area contributed by atoms with E-state index >= 15 is 0 Å². The van der Waals surface area contributed by atoms with Gasteiger partial charge in [-0.3, -0.25) is 10.1 Å². The summed E-state index contributed by atoms with van der Waals surface area (Å²) in [4.78, 5) is 14.5. The smallest absolute Gasteiger partial charge is 0.269 e. The van der Waals surface area contributed by atoms with Crippen LogP contribution in [0.15, 0.2) is 30.7 Å². The summed E-state index contributed by atoms with van der Waals surface area (Å²) in [5.41, 5.74) is 2.98. The van der Waals surface area contributed by atoms with Crippen molar-refractivity contribution in [2.45, 2.75) is 33.4 Å². The number of aryl methyl sites for hydroxylation is 2. The Bertz CT molecular complexity index is 607. The number of rotatable bonds is 6. The molecule has 2 rings (SSSR count). The van der Waals surface area contributed by atoms with Crippen LogP contribution < -0.4 is 5.32 Å². The predicted octanol–water partition coefficient (Wildman–Crippen LogP) is 3.12. The number of nitrogens with zero attached hydrogens (tertiary/aromatic N) is 3. The van der Waals surface area contributed by atoms with E-state index in [1.165, 1.54) is 6.07 Å². The van der Waals surface area contributed by atoms with Gasteiger partial charge in [0.2, 0.25) is 0 Å². The average molecular weight is 274 g/mol. The molecule has 0 spiro atoms. The molecule has 1 N–H and O–H groups in total. The lowest BCUT2D eigenvalue weighted by atomic mass is 10.2. The fourth-order valence-electron chi connectivity index (χ4n) is 2.08. The molecule has 0 aliphatic carbocycles. The van der Waals surface area contributed by atoms with E-state index in [0.29, 0.717) is 6.54 Å². The molecule has 0 unspecified atom stereocenters. The van der Waals surface area contributed by atoms with Crippen LogP contribution in [0.2, 0.25) is 0 Å². The Balaban J connectivity index is 2.07. The van der Waals surface area contributed by atoms with Crippen LogP contribution in [0.1, 0.15) is 24.6 Å². The number of aromatic nitrogens is 2. The summed E-state index contributed by atoms with van der Waals surface area (Å²) in [6.45, 7) is 5.57. The number of benzene rings is 1. The molecular weight excluding hydrogens is 256 g/mol. The van der Waals surface area contributed by atoms with Crippen molar-refractivity contribution >= 4 is 11.4 Å². The molecule has 106 valence electrons. The van der Waals surface area contributed by atoms with E-state index in [2.05, 4.69) is 21.8 Å². The zero-order chi connectivity index (χ0) is 14.5. The first-order valence-electron chi connectivity index (χ1n) is 6.59. The topological polar surface area (TPSA) is 73.0 Å². The van der Waals surface area contributed by atoms with Gasteiger partial charge in [-0.1, -0.05) is 6.92 Å². The predicted molar refractivity (Wildman–Crippen MR) is 77.7 cm³/mol. The molecule has 6 nitrogen and oxygen atoms in total. The van der Waals surface area contributed by atoms with Gasteiger partial charge in [0, 0.05) is 30.6 Å². The van der Waals surface area contributed by atoms with Crippen molar-refractivity contribution in [3.63, 3.8) is 0 Å². The molecule has 0 amide bonds. The molecule has 0 fully saturated rings. The highest BCUT2D eigenvalue weighted by Crippen LogP contribution is 2.21. The molecule has 20 heavy (non-hydrogen) atoms. The Morgan fingerprint density at radius 2 is 2.25 bits per heavy atom. The molecule has 0 radical (unpaired) electrons. The fraction of sp³-hybridized carbons (Fsp3) is 0.357. The van der Waals surface area contributed by atoms with Gasteiger partial charge >= 0.3 is 0 Å². The van der Waals surface area contributed by atoms with E-state index in [9.17, 15) is 10.1 Å². The van der Waals surface area contributed by atoms with Gasteiger partial charge in [0.25, 0.3) is 5.69 Å². The minimum Gasteiger partial charge on any atom is -0.379 e. The van der Waals surface area contributed by atoms with Crippen LogP contribution in [0.25, 0.3) is 0 Å². The number of nitro groups is 1. The molecule has 0 bridgehead atoms. The van der Waals surface area contributed by atoms with Crippen molar-refractivity contribution in [1.29, 1.82) is 0 Å². The summed E-state index contributed by atoms with van der Waals surface area (Å²) >= 11 is 0. The molecule has 1 heterocycles. The molecule has 0 saturated carbocycles. The van der Waals surface area contributed by atoms with Gasteiger partial charge in [0.05, 0.1) is 23.5 Å². The second-order valence-electron chi connectivity index (χ2n) is 4.69. The number of nitrogens with one attached hydrogen (secondary N) is 1. The zero-order valence-corrected chi connectivity index (χ0v) is 11.7. The Morgan fingerprint density at radius 3 is 2.90 bits per heavy atom. The Morgan fingerprint density at radius 1 is 1.45 bits per heavy atom. The van der Waals surface area contributed by atoms with Gasteiger partial charge in [-0.25, -0.2) is 4.98 Å². The van der Waals surface area contributed by atoms with Crippen LogP contribution in [-0.4, -0.2) is 14.5 Å². The highest BCUT2D eigenvalue weighted by molar-refractivity contribution is 5.55. The van der Waals surface area contributed by atoms with E-state index in [4.69, 9.17) is 0 Å². The average Bonchev–Trinajstić information content (AvgIpc) is 2.85. The normalized spacial score (nSPS) is 10.5. The first kappa shape index (κ1) is 14.0. The molecular formula is C14H18N4O2. The van der Waals surface area contributed by atoms with Gasteiger partial charge in [0.15, 0.2) is 0 Å². The highest BCUT2D eigenvalue weighted by atomic mass is 16.6. The second kappa shape index (κ2) is 6.18. The second-order valence-corrected chi connectivity index (χ2v) is 4.69. The zero-order valence-electron chi connectivity index (χ0n) is 11.7. The van der Waals surface area contributed by atoms with Crippen LogP contribution in [0.5, 0.6) is 0 Å². The lowest BCUT2D eigenvalue weighted by molar-refractivity contribution is -0.384. The number of nitro benzene ring substituents is 1. The van der Waals surface area contributed by atoms with Gasteiger partial charge in [-0.2, -0.15) is 0 Å². The molecule has 6 heteroatoms. The SMILES string of the molecule is CCCn1cncc1CNc1ccc([N+](=O)[O-])cc1C. The summed E-state index contributed by atoms with van der Waals surface area (Å²) < 4.78 is 2.10. The van der Waals surface area contributed by atoms with Crippen LogP contribution >= 0.6 is 0 Å². The van der Waals surface area contributed by atoms with Crippen molar-refractivity contribution in [1.82, 2.24) is 9.55 Å². The first-order chi connectivity index (χ1) is 9.61. The van der Waals surface area contributed by atoms with Crippen molar-refractivity contribution in [3.8, 4) is 0 Å². The third kappa shape index (κ3) is 3.14. The maximum Gasteiger partial charge on any atom is 0.269 e. The maximum atomic E-state index is 10.7. The Labute approximate surface area is 117 Å². The van der Waals surface area contributed by atoms with E-state index < -0.39 is 0 Å². The lowest BCUT2D eigenvalue weighted by Gasteiger charge is -2.11. The molecule has 0 saturated heterocycles. The van der Waals surface area contributed by atoms with Crippen molar-refractivity contribution in [2.24, 2.45) is 0 Å². The van der Waals surface area contributed by atoms with E-state index in [0.717, 1.165) is 29.9 Å². The Kier molecular flexibility index (Phi) is 4.34. The number of hydrogen-bond donors (Lipinski definition) is 1. The van der Waals surface area contributed by atoms with Crippen LogP contribution in [-0.2, 0) is 13.1 Å². The Hall–Kier alpha value is -2.37. The van der Waals surface area contributed by atoms with Crippen LogP contribution in [0, 0.1) is 17.0 Å². The number of non-ortho nitro benzene ring substituents is 1. The third-order valence-corrected chi connectivity index (χ3v) is 3.14. The van der Waals surface area contributed by atoms with Crippen LogP contribution in [0.3, 0.4) is 0 Å². The van der Waals surface area contributed by atoms with Crippen LogP contribution in [0.4, 0.5) is 11.4 Å². The highest BCUT2D eigenvalue weighted by Gasteiger charge is 2.08. The van der Waals surface area contributed by atoms with E-state index in [1.54, 1.807) is 12.1 Å². The standard InChI is InChI=1S/C14H18N4O2/c1-3-6-17-10-15-8-13(17)9-16-14-5-4-12(18(19)20)7-11(14)2/h4-5,7-8,10,16H,3,6,9H2,1-2H3.